The van der Waals surface area contributed by atoms with Crippen LogP contribution in [0, 0.1) is 5.92 Å². The Balaban J connectivity index is 0. The Bertz CT molecular complexity index is 200. The molecule has 0 bridgehead atoms. The fraction of sp³-hybridized carbons (Fsp3) is 0.727. The molecule has 16 heavy (non-hydrogen) atoms. The van der Waals surface area contributed by atoms with Crippen molar-refractivity contribution in [3.63, 3.8) is 0 Å². The van der Waals surface area contributed by atoms with E-state index < -0.39 is 6.10 Å². The molecule has 3 N–H and O–H groups in total. The van der Waals surface area contributed by atoms with E-state index in [9.17, 15) is 4.79 Å². The quantitative estimate of drug-likeness (QED) is 0.501. The number of amides is 1. The Morgan fingerprint density at radius 1 is 1.56 bits per heavy atom. The van der Waals surface area contributed by atoms with Gasteiger partial charge in [0.2, 0.25) is 5.91 Å². The number of hydrogen-bond donors (Lipinski definition) is 2. The van der Waals surface area contributed by atoms with Gasteiger partial charge in [0.25, 0.3) is 0 Å². The fourth-order valence-electron chi connectivity index (χ4n) is 0.906. The molecule has 0 aliphatic carbocycles. The summed E-state index contributed by atoms with van der Waals surface area (Å²) >= 11 is 0. The highest BCUT2D eigenvalue weighted by molar-refractivity contribution is 5.85. The van der Waals surface area contributed by atoms with Crippen molar-refractivity contribution < 1.29 is 9.53 Å². The van der Waals surface area contributed by atoms with E-state index in [1.54, 1.807) is 13.0 Å². The highest BCUT2D eigenvalue weighted by Gasteiger charge is 2.12. The predicted octanol–water partition coefficient (Wildman–Crippen LogP) is 1.10. The standard InChI is InChI=1S/C11H22N2O2.ClH/c1-4-5-6-15-10(3)11(14)13-8-9(2)7-12;/h4,9-10H,1,5-8,12H2,2-3H3,(H,13,14);1H. The van der Waals surface area contributed by atoms with Crippen LogP contribution in [-0.2, 0) is 9.53 Å². The predicted molar refractivity (Wildman–Crippen MR) is 68.7 cm³/mol. The van der Waals surface area contributed by atoms with Crippen molar-refractivity contribution in [2.75, 3.05) is 19.7 Å². The number of nitrogens with one attached hydrogen (secondary N) is 1. The van der Waals surface area contributed by atoms with Gasteiger partial charge in [0.15, 0.2) is 0 Å². The van der Waals surface area contributed by atoms with Crippen LogP contribution in [0.25, 0.3) is 0 Å². The van der Waals surface area contributed by atoms with Crippen LogP contribution >= 0.6 is 12.4 Å². The number of ether oxygens (including phenoxy) is 1. The van der Waals surface area contributed by atoms with Crippen molar-refractivity contribution in [2.45, 2.75) is 26.4 Å². The fourth-order valence-corrected chi connectivity index (χ4v) is 0.906. The highest BCUT2D eigenvalue weighted by Crippen LogP contribution is 1.94. The molecule has 0 aliphatic heterocycles. The number of nitrogens with two attached hydrogens (primary N) is 1. The second kappa shape index (κ2) is 10.9. The number of rotatable bonds is 8. The maximum atomic E-state index is 11.5. The van der Waals surface area contributed by atoms with E-state index in [0.29, 0.717) is 25.6 Å². The van der Waals surface area contributed by atoms with Crippen LogP contribution < -0.4 is 11.1 Å². The molecule has 0 rings (SSSR count). The lowest BCUT2D eigenvalue weighted by molar-refractivity contribution is -0.131. The number of carbonyl (C=O) groups is 1. The summed E-state index contributed by atoms with van der Waals surface area (Å²) in [6, 6.07) is 0. The topological polar surface area (TPSA) is 64.3 Å². The van der Waals surface area contributed by atoms with Crippen molar-refractivity contribution in [1.82, 2.24) is 5.32 Å². The minimum absolute atomic E-state index is 0. The molecule has 2 atom stereocenters. The third-order valence-corrected chi connectivity index (χ3v) is 2.09. The molecule has 0 radical (unpaired) electrons. The molecule has 5 heteroatoms. The molecule has 0 aromatic rings. The Kier molecular flexibility index (Phi) is 12.2. The van der Waals surface area contributed by atoms with Gasteiger partial charge in [-0.05, 0) is 25.8 Å². The van der Waals surface area contributed by atoms with Gasteiger partial charge in [-0.15, -0.1) is 19.0 Å². The van der Waals surface area contributed by atoms with Crippen LogP contribution in [0.3, 0.4) is 0 Å². The van der Waals surface area contributed by atoms with Crippen molar-refractivity contribution >= 4 is 18.3 Å². The van der Waals surface area contributed by atoms with Crippen LogP contribution in [0.1, 0.15) is 20.3 Å². The molecular weight excluding hydrogens is 228 g/mol. The van der Waals surface area contributed by atoms with Crippen molar-refractivity contribution in [1.29, 1.82) is 0 Å². The second-order valence-corrected chi connectivity index (χ2v) is 3.68. The van der Waals surface area contributed by atoms with E-state index in [1.165, 1.54) is 0 Å². The maximum absolute atomic E-state index is 11.5. The normalized spacial score (nSPS) is 13.4. The van der Waals surface area contributed by atoms with E-state index in [0.717, 1.165) is 6.42 Å². The Morgan fingerprint density at radius 2 is 2.19 bits per heavy atom. The van der Waals surface area contributed by atoms with Crippen LogP contribution in [-0.4, -0.2) is 31.7 Å². The third-order valence-electron chi connectivity index (χ3n) is 2.09. The molecule has 0 spiro atoms. The lowest BCUT2D eigenvalue weighted by atomic mass is 10.2. The minimum atomic E-state index is -0.407. The van der Waals surface area contributed by atoms with Crippen LogP contribution in [0.4, 0.5) is 0 Å². The number of halogens is 1. The molecule has 0 heterocycles. The van der Waals surface area contributed by atoms with Gasteiger partial charge in [-0.1, -0.05) is 13.0 Å². The first-order valence-corrected chi connectivity index (χ1v) is 5.32. The lowest BCUT2D eigenvalue weighted by Gasteiger charge is -2.14. The number of hydrogen-bond acceptors (Lipinski definition) is 3. The van der Waals surface area contributed by atoms with E-state index in [4.69, 9.17) is 10.5 Å². The summed E-state index contributed by atoms with van der Waals surface area (Å²) in [7, 11) is 0. The first kappa shape index (κ1) is 17.8. The van der Waals surface area contributed by atoms with E-state index >= 15 is 0 Å². The zero-order valence-corrected chi connectivity index (χ0v) is 10.9. The minimum Gasteiger partial charge on any atom is -0.368 e. The summed E-state index contributed by atoms with van der Waals surface area (Å²) < 4.78 is 5.30. The summed E-state index contributed by atoms with van der Waals surface area (Å²) in [5.41, 5.74) is 5.44. The molecule has 2 unspecified atom stereocenters. The Hall–Kier alpha value is -0.580. The summed E-state index contributed by atoms with van der Waals surface area (Å²) in [6.45, 7) is 9.02. The molecule has 0 aromatic heterocycles. The SMILES string of the molecule is C=CCCOC(C)C(=O)NCC(C)CN.Cl. The van der Waals surface area contributed by atoms with Crippen LogP contribution in [0.5, 0.6) is 0 Å². The molecule has 0 saturated carbocycles. The average molecular weight is 251 g/mol. The third kappa shape index (κ3) is 8.71. The Labute approximate surface area is 104 Å². The van der Waals surface area contributed by atoms with E-state index in [1.807, 2.05) is 6.92 Å². The molecule has 1 amide bonds. The van der Waals surface area contributed by atoms with Gasteiger partial charge < -0.3 is 15.8 Å². The molecule has 0 fully saturated rings. The van der Waals surface area contributed by atoms with Crippen molar-refractivity contribution in [3.05, 3.63) is 12.7 Å². The largest absolute Gasteiger partial charge is 0.368 e. The van der Waals surface area contributed by atoms with Gasteiger partial charge in [0.05, 0.1) is 6.61 Å². The summed E-state index contributed by atoms with van der Waals surface area (Å²) in [6.07, 6.45) is 2.12. The molecule has 0 saturated heterocycles. The van der Waals surface area contributed by atoms with Crippen LogP contribution in [0.15, 0.2) is 12.7 Å². The van der Waals surface area contributed by atoms with Gasteiger partial charge in [-0.25, -0.2) is 0 Å². The van der Waals surface area contributed by atoms with Gasteiger partial charge in [-0.3, -0.25) is 4.79 Å². The molecule has 0 aromatic carbocycles. The number of carbonyl (C=O) groups excluding carboxylic acids is 1. The van der Waals surface area contributed by atoms with E-state index in [2.05, 4.69) is 11.9 Å². The first-order chi connectivity index (χ1) is 7.11. The zero-order chi connectivity index (χ0) is 11.7. The first-order valence-electron chi connectivity index (χ1n) is 5.32. The molecule has 0 aliphatic rings. The second-order valence-electron chi connectivity index (χ2n) is 3.68. The monoisotopic (exact) mass is 250 g/mol. The summed E-state index contributed by atoms with van der Waals surface area (Å²) in [4.78, 5) is 11.5. The lowest BCUT2D eigenvalue weighted by Crippen LogP contribution is -2.38. The van der Waals surface area contributed by atoms with Gasteiger partial charge in [-0.2, -0.15) is 0 Å². The van der Waals surface area contributed by atoms with Crippen molar-refractivity contribution in [2.24, 2.45) is 11.7 Å². The Morgan fingerprint density at radius 3 is 2.69 bits per heavy atom. The maximum Gasteiger partial charge on any atom is 0.248 e. The molecular formula is C11H23ClN2O2. The van der Waals surface area contributed by atoms with Crippen molar-refractivity contribution in [3.8, 4) is 0 Å². The van der Waals surface area contributed by atoms with Gasteiger partial charge >= 0.3 is 0 Å². The zero-order valence-electron chi connectivity index (χ0n) is 10.1. The van der Waals surface area contributed by atoms with E-state index in [-0.39, 0.29) is 18.3 Å². The smallest absolute Gasteiger partial charge is 0.248 e. The average Bonchev–Trinajstić information content (AvgIpc) is 2.25. The highest BCUT2D eigenvalue weighted by atomic mass is 35.5. The van der Waals surface area contributed by atoms with Gasteiger partial charge in [0.1, 0.15) is 6.10 Å². The van der Waals surface area contributed by atoms with Gasteiger partial charge in [0, 0.05) is 6.54 Å². The molecule has 96 valence electrons. The van der Waals surface area contributed by atoms with Crippen LogP contribution in [0.2, 0.25) is 0 Å². The molecule has 4 nitrogen and oxygen atoms in total. The summed E-state index contributed by atoms with van der Waals surface area (Å²) in [5.74, 6) is 0.216. The summed E-state index contributed by atoms with van der Waals surface area (Å²) in [5, 5.41) is 2.79.